The Kier molecular flexibility index (Phi) is 5.59. The summed E-state index contributed by atoms with van der Waals surface area (Å²) in [5.41, 5.74) is 3.85. The third-order valence-electron chi connectivity index (χ3n) is 4.38. The van der Waals surface area contributed by atoms with Gasteiger partial charge in [-0.25, -0.2) is 4.98 Å². The summed E-state index contributed by atoms with van der Waals surface area (Å²) in [6.07, 6.45) is 2.39. The molecule has 1 N–H and O–H groups in total. The number of rotatable bonds is 6. The molecule has 0 spiro atoms. The molecule has 1 aromatic heterocycles. The zero-order chi connectivity index (χ0) is 15.4. The summed E-state index contributed by atoms with van der Waals surface area (Å²) in [6.45, 7) is 10.7. The summed E-state index contributed by atoms with van der Waals surface area (Å²) < 4.78 is 0. The minimum Gasteiger partial charge on any atom is -0.355 e. The number of nitrogens with zero attached hydrogens (tertiary/aromatic N) is 3. The zero-order valence-corrected chi connectivity index (χ0v) is 14.2. The van der Waals surface area contributed by atoms with Crippen LogP contribution in [0.25, 0.3) is 0 Å². The van der Waals surface area contributed by atoms with Crippen LogP contribution in [0.4, 0.5) is 5.82 Å². The molecule has 0 bridgehead atoms. The van der Waals surface area contributed by atoms with Crippen LogP contribution in [0.1, 0.15) is 36.6 Å². The Balaban J connectivity index is 2.21. The van der Waals surface area contributed by atoms with Gasteiger partial charge >= 0.3 is 0 Å². The molecule has 1 unspecified atom stereocenters. The highest BCUT2D eigenvalue weighted by molar-refractivity contribution is 5.52. The molecule has 1 aliphatic rings. The molecule has 1 saturated heterocycles. The van der Waals surface area contributed by atoms with Crippen LogP contribution in [0.15, 0.2) is 6.07 Å². The van der Waals surface area contributed by atoms with Crippen LogP contribution in [0.5, 0.6) is 0 Å². The van der Waals surface area contributed by atoms with E-state index in [1.54, 1.807) is 0 Å². The number of likely N-dealkylation sites (N-methyl/N-ethyl adjacent to an activating group) is 1. The van der Waals surface area contributed by atoms with Crippen LogP contribution < -0.4 is 10.2 Å². The Hall–Kier alpha value is -1.13. The lowest BCUT2D eigenvalue weighted by Gasteiger charge is -2.24. The summed E-state index contributed by atoms with van der Waals surface area (Å²) in [7, 11) is 4.35. The Labute approximate surface area is 129 Å². The smallest absolute Gasteiger partial charge is 0.133 e. The molecule has 1 aromatic rings. The van der Waals surface area contributed by atoms with Crippen molar-refractivity contribution in [1.82, 2.24) is 15.2 Å². The summed E-state index contributed by atoms with van der Waals surface area (Å²) in [5, 5.41) is 3.53. The van der Waals surface area contributed by atoms with Gasteiger partial charge in [0.1, 0.15) is 5.82 Å². The van der Waals surface area contributed by atoms with Crippen molar-refractivity contribution < 1.29 is 0 Å². The molecule has 118 valence electrons. The topological polar surface area (TPSA) is 31.4 Å². The molecule has 4 nitrogen and oxygen atoms in total. The maximum absolute atomic E-state index is 4.86. The fourth-order valence-corrected chi connectivity index (χ4v) is 3.07. The third kappa shape index (κ3) is 3.95. The number of hydrogen-bond acceptors (Lipinski definition) is 4. The monoisotopic (exact) mass is 290 g/mol. The van der Waals surface area contributed by atoms with Gasteiger partial charge in [-0.15, -0.1) is 0 Å². The molecule has 0 aliphatic carbocycles. The van der Waals surface area contributed by atoms with Crippen LogP contribution in [-0.4, -0.2) is 49.7 Å². The minimum absolute atomic E-state index is 0.643. The molecule has 0 radical (unpaired) electrons. The number of hydrogen-bond donors (Lipinski definition) is 1. The van der Waals surface area contributed by atoms with Crippen LogP contribution in [-0.2, 0) is 6.54 Å². The van der Waals surface area contributed by atoms with E-state index in [4.69, 9.17) is 4.98 Å². The molecule has 0 amide bonds. The SMILES string of the molecule is CCCNCc1c(C)cc(C)nc1N1CCC(N(C)C)C1. The zero-order valence-electron chi connectivity index (χ0n) is 14.2. The first kappa shape index (κ1) is 16.2. The van der Waals surface area contributed by atoms with Gasteiger partial charge in [0.15, 0.2) is 0 Å². The van der Waals surface area contributed by atoms with E-state index < -0.39 is 0 Å². The number of anilines is 1. The molecule has 2 heterocycles. The van der Waals surface area contributed by atoms with Crippen molar-refractivity contribution >= 4 is 5.82 Å². The highest BCUT2D eigenvalue weighted by Gasteiger charge is 2.26. The minimum atomic E-state index is 0.643. The average Bonchev–Trinajstić information content (AvgIpc) is 2.90. The van der Waals surface area contributed by atoms with E-state index in [2.05, 4.69) is 56.0 Å². The Morgan fingerprint density at radius 1 is 1.38 bits per heavy atom. The molecule has 1 fully saturated rings. The summed E-state index contributed by atoms with van der Waals surface area (Å²) in [5.74, 6) is 1.19. The van der Waals surface area contributed by atoms with Gasteiger partial charge < -0.3 is 15.1 Å². The average molecular weight is 290 g/mol. The van der Waals surface area contributed by atoms with Gasteiger partial charge in [-0.2, -0.15) is 0 Å². The molecule has 2 rings (SSSR count). The lowest BCUT2D eigenvalue weighted by Crippen LogP contribution is -2.32. The Morgan fingerprint density at radius 3 is 2.76 bits per heavy atom. The normalized spacial score (nSPS) is 18.8. The van der Waals surface area contributed by atoms with E-state index in [1.807, 2.05) is 0 Å². The summed E-state index contributed by atoms with van der Waals surface area (Å²) in [6, 6.07) is 2.84. The lowest BCUT2D eigenvalue weighted by molar-refractivity contribution is 0.315. The fourth-order valence-electron chi connectivity index (χ4n) is 3.07. The highest BCUT2D eigenvalue weighted by atomic mass is 15.3. The number of aryl methyl sites for hydroxylation is 2. The van der Waals surface area contributed by atoms with Crippen molar-refractivity contribution in [3.8, 4) is 0 Å². The first-order valence-corrected chi connectivity index (χ1v) is 8.12. The van der Waals surface area contributed by atoms with Gasteiger partial charge in [0.05, 0.1) is 0 Å². The fraction of sp³-hybridized carbons (Fsp3) is 0.706. The molecule has 0 saturated carbocycles. The third-order valence-corrected chi connectivity index (χ3v) is 4.38. The van der Waals surface area contributed by atoms with Crippen LogP contribution >= 0.6 is 0 Å². The van der Waals surface area contributed by atoms with E-state index in [-0.39, 0.29) is 0 Å². The van der Waals surface area contributed by atoms with Gasteiger partial charge in [0, 0.05) is 36.9 Å². The first-order valence-electron chi connectivity index (χ1n) is 8.12. The number of nitrogens with one attached hydrogen (secondary N) is 1. The Morgan fingerprint density at radius 2 is 2.14 bits per heavy atom. The van der Waals surface area contributed by atoms with Gasteiger partial charge in [0.2, 0.25) is 0 Å². The van der Waals surface area contributed by atoms with Crippen molar-refractivity contribution in [2.45, 2.75) is 46.2 Å². The number of aromatic nitrogens is 1. The molecule has 0 aromatic carbocycles. The van der Waals surface area contributed by atoms with Crippen molar-refractivity contribution in [2.75, 3.05) is 38.6 Å². The van der Waals surface area contributed by atoms with Crippen molar-refractivity contribution in [3.63, 3.8) is 0 Å². The molecular weight excluding hydrogens is 260 g/mol. The maximum atomic E-state index is 4.86. The van der Waals surface area contributed by atoms with Crippen LogP contribution in [0, 0.1) is 13.8 Å². The second kappa shape index (κ2) is 7.23. The highest BCUT2D eigenvalue weighted by Crippen LogP contribution is 2.27. The summed E-state index contributed by atoms with van der Waals surface area (Å²) in [4.78, 5) is 9.65. The van der Waals surface area contributed by atoms with Gasteiger partial charge in [-0.05, 0) is 59.0 Å². The van der Waals surface area contributed by atoms with Gasteiger partial charge in [-0.1, -0.05) is 6.92 Å². The largest absolute Gasteiger partial charge is 0.355 e. The van der Waals surface area contributed by atoms with E-state index in [1.165, 1.54) is 29.8 Å². The quantitative estimate of drug-likeness (QED) is 0.815. The second-order valence-corrected chi connectivity index (χ2v) is 6.41. The lowest BCUT2D eigenvalue weighted by atomic mass is 10.1. The van der Waals surface area contributed by atoms with Crippen molar-refractivity contribution in [1.29, 1.82) is 0 Å². The van der Waals surface area contributed by atoms with E-state index in [9.17, 15) is 0 Å². The maximum Gasteiger partial charge on any atom is 0.133 e. The predicted molar refractivity (Wildman–Crippen MR) is 90.0 cm³/mol. The molecule has 21 heavy (non-hydrogen) atoms. The second-order valence-electron chi connectivity index (χ2n) is 6.41. The van der Waals surface area contributed by atoms with Crippen molar-refractivity contribution in [3.05, 3.63) is 22.9 Å². The molecule has 1 aliphatic heterocycles. The molecule has 4 heteroatoms. The first-order chi connectivity index (χ1) is 10.0. The molecular formula is C17H30N4. The van der Waals surface area contributed by atoms with Crippen molar-refractivity contribution in [2.24, 2.45) is 0 Å². The Bertz CT molecular complexity index is 470. The van der Waals surface area contributed by atoms with E-state index >= 15 is 0 Å². The molecule has 1 atom stereocenters. The number of pyridine rings is 1. The standard InChI is InChI=1S/C17H30N4/c1-6-8-18-11-16-13(2)10-14(3)19-17(16)21-9-7-15(12-21)20(4)5/h10,15,18H,6-9,11-12H2,1-5H3. The van der Waals surface area contributed by atoms with Crippen LogP contribution in [0.3, 0.4) is 0 Å². The van der Waals surface area contributed by atoms with E-state index in [0.29, 0.717) is 6.04 Å². The summed E-state index contributed by atoms with van der Waals surface area (Å²) >= 11 is 0. The van der Waals surface area contributed by atoms with Crippen LogP contribution in [0.2, 0.25) is 0 Å². The van der Waals surface area contributed by atoms with E-state index in [0.717, 1.165) is 31.9 Å². The van der Waals surface area contributed by atoms with Gasteiger partial charge in [-0.3, -0.25) is 0 Å². The van der Waals surface area contributed by atoms with Gasteiger partial charge in [0.25, 0.3) is 0 Å². The predicted octanol–water partition coefficient (Wildman–Crippen LogP) is 2.34.